The van der Waals surface area contributed by atoms with Gasteiger partial charge in [-0.25, -0.2) is 9.97 Å². The predicted molar refractivity (Wildman–Crippen MR) is 119 cm³/mol. The van der Waals surface area contributed by atoms with Gasteiger partial charge in [0.25, 0.3) is 0 Å². The number of nitrogens with two attached hydrogens (primary N) is 1. The number of carbonyl (C=O) groups excluding carboxylic acids is 1. The number of amides is 1. The number of nitrogens with zero attached hydrogens (tertiary/aromatic N) is 6. The highest BCUT2D eigenvalue weighted by Crippen LogP contribution is 2.40. The zero-order valence-corrected chi connectivity index (χ0v) is 18.2. The standard InChI is InChI=1S/C22H30N8O/c1-28-8-5-15(6-9-28)26-22(31)14-3-4-16(11-14)30-12-17(18-7-10-29(2)27-18)19-20(23)24-13-25-21(19)30/h7,10,12-16H,3-6,8-9,11H2,1-2H3,(H,26,31)(H2,23,24,25). The van der Waals surface area contributed by atoms with Gasteiger partial charge in [-0.2, -0.15) is 5.10 Å². The van der Waals surface area contributed by atoms with Crippen molar-refractivity contribution < 1.29 is 4.79 Å². The monoisotopic (exact) mass is 422 g/mol. The number of hydrogen-bond donors (Lipinski definition) is 2. The minimum absolute atomic E-state index is 0.0413. The molecule has 31 heavy (non-hydrogen) atoms. The van der Waals surface area contributed by atoms with E-state index < -0.39 is 0 Å². The van der Waals surface area contributed by atoms with Crippen molar-refractivity contribution in [1.82, 2.24) is 34.5 Å². The smallest absolute Gasteiger partial charge is 0.223 e. The largest absolute Gasteiger partial charge is 0.383 e. The van der Waals surface area contributed by atoms with Gasteiger partial charge in [-0.15, -0.1) is 0 Å². The van der Waals surface area contributed by atoms with Crippen LogP contribution >= 0.6 is 0 Å². The molecule has 2 atom stereocenters. The molecular formula is C22H30N8O. The molecule has 3 aromatic heterocycles. The maximum Gasteiger partial charge on any atom is 0.223 e. The van der Waals surface area contributed by atoms with Gasteiger partial charge in [-0.05, 0) is 58.3 Å². The van der Waals surface area contributed by atoms with Crippen LogP contribution in [0.1, 0.15) is 38.1 Å². The van der Waals surface area contributed by atoms with Crippen LogP contribution in [0.15, 0.2) is 24.8 Å². The summed E-state index contributed by atoms with van der Waals surface area (Å²) in [5.41, 5.74) is 8.84. The summed E-state index contributed by atoms with van der Waals surface area (Å²) in [5.74, 6) is 0.700. The van der Waals surface area contributed by atoms with Crippen molar-refractivity contribution in [1.29, 1.82) is 0 Å². The third-order valence-electron chi connectivity index (χ3n) is 6.86. The number of likely N-dealkylation sites (tertiary alicyclic amines) is 1. The van der Waals surface area contributed by atoms with E-state index in [0.29, 0.717) is 11.9 Å². The molecule has 0 aromatic carbocycles. The lowest BCUT2D eigenvalue weighted by molar-refractivity contribution is -0.125. The molecule has 0 bridgehead atoms. The number of anilines is 1. The van der Waals surface area contributed by atoms with Crippen LogP contribution in [0.3, 0.4) is 0 Å². The number of piperidine rings is 1. The number of hydrogen-bond acceptors (Lipinski definition) is 6. The Balaban J connectivity index is 1.37. The topological polar surface area (TPSA) is 107 Å². The lowest BCUT2D eigenvalue weighted by Crippen LogP contribution is -2.45. The number of nitrogen functional groups attached to an aromatic ring is 1. The quantitative estimate of drug-likeness (QED) is 0.666. The molecule has 2 fully saturated rings. The van der Waals surface area contributed by atoms with Gasteiger partial charge in [0.05, 0.1) is 11.1 Å². The SMILES string of the molecule is CN1CCC(NC(=O)C2CCC(n3cc(-c4ccn(C)n4)c4c(N)ncnc43)C2)CC1. The maximum atomic E-state index is 12.9. The molecule has 0 spiro atoms. The zero-order valence-electron chi connectivity index (χ0n) is 18.2. The van der Waals surface area contributed by atoms with Gasteiger partial charge in [-0.3, -0.25) is 9.48 Å². The zero-order chi connectivity index (χ0) is 21.5. The predicted octanol–water partition coefficient (Wildman–Crippen LogP) is 1.97. The molecule has 1 amide bonds. The molecule has 4 heterocycles. The Hall–Kier alpha value is -2.94. The maximum absolute atomic E-state index is 12.9. The van der Waals surface area contributed by atoms with E-state index >= 15 is 0 Å². The van der Waals surface area contributed by atoms with Crippen LogP contribution in [-0.2, 0) is 11.8 Å². The van der Waals surface area contributed by atoms with E-state index in [9.17, 15) is 4.79 Å². The van der Waals surface area contributed by atoms with Crippen molar-refractivity contribution in [3.8, 4) is 11.3 Å². The van der Waals surface area contributed by atoms with Crippen LogP contribution in [0.2, 0.25) is 0 Å². The van der Waals surface area contributed by atoms with E-state index in [0.717, 1.165) is 67.5 Å². The van der Waals surface area contributed by atoms with Crippen LogP contribution < -0.4 is 11.1 Å². The first kappa shape index (κ1) is 20.0. The van der Waals surface area contributed by atoms with Gasteiger partial charge in [0.1, 0.15) is 17.8 Å². The first-order chi connectivity index (χ1) is 15.0. The Morgan fingerprint density at radius 1 is 1.16 bits per heavy atom. The normalized spacial score (nSPS) is 22.9. The summed E-state index contributed by atoms with van der Waals surface area (Å²) in [6, 6.07) is 2.49. The highest BCUT2D eigenvalue weighted by Gasteiger charge is 2.33. The molecule has 3 N–H and O–H groups in total. The molecule has 1 aliphatic heterocycles. The molecule has 0 radical (unpaired) electrons. The summed E-state index contributed by atoms with van der Waals surface area (Å²) in [5, 5.41) is 8.68. The molecule has 2 aliphatic rings. The van der Waals surface area contributed by atoms with Crippen molar-refractivity contribution in [2.24, 2.45) is 13.0 Å². The molecule has 9 heteroatoms. The molecule has 2 unspecified atom stereocenters. The summed E-state index contributed by atoms with van der Waals surface area (Å²) in [4.78, 5) is 24.0. The number of nitrogens with one attached hydrogen (secondary N) is 1. The second-order valence-electron chi connectivity index (χ2n) is 9.03. The Morgan fingerprint density at radius 3 is 2.71 bits per heavy atom. The minimum atomic E-state index is 0.0413. The number of carbonyl (C=O) groups is 1. The molecule has 9 nitrogen and oxygen atoms in total. The van der Waals surface area contributed by atoms with Gasteiger partial charge < -0.3 is 20.5 Å². The van der Waals surface area contributed by atoms with Crippen LogP contribution in [0, 0.1) is 5.92 Å². The van der Waals surface area contributed by atoms with Crippen molar-refractivity contribution in [2.75, 3.05) is 25.9 Å². The summed E-state index contributed by atoms with van der Waals surface area (Å²) in [6.45, 7) is 2.09. The molecule has 1 aliphatic carbocycles. The van der Waals surface area contributed by atoms with Crippen LogP contribution in [0.25, 0.3) is 22.3 Å². The van der Waals surface area contributed by atoms with E-state index in [-0.39, 0.29) is 17.9 Å². The Labute approximate surface area is 181 Å². The summed E-state index contributed by atoms with van der Waals surface area (Å²) in [7, 11) is 4.03. The van der Waals surface area contributed by atoms with Crippen LogP contribution in [-0.4, -0.2) is 61.3 Å². The van der Waals surface area contributed by atoms with E-state index in [1.54, 1.807) is 4.68 Å². The Morgan fingerprint density at radius 2 is 1.97 bits per heavy atom. The van der Waals surface area contributed by atoms with E-state index in [1.165, 1.54) is 6.33 Å². The van der Waals surface area contributed by atoms with Crippen molar-refractivity contribution >= 4 is 22.8 Å². The third-order valence-corrected chi connectivity index (χ3v) is 6.86. The van der Waals surface area contributed by atoms with Gasteiger partial charge in [0.15, 0.2) is 0 Å². The fourth-order valence-electron chi connectivity index (χ4n) is 5.06. The van der Waals surface area contributed by atoms with E-state index in [4.69, 9.17) is 5.73 Å². The lowest BCUT2D eigenvalue weighted by Gasteiger charge is -2.30. The summed E-state index contributed by atoms with van der Waals surface area (Å²) < 4.78 is 3.96. The highest BCUT2D eigenvalue weighted by molar-refractivity contribution is 5.99. The molecule has 1 saturated heterocycles. The fourth-order valence-corrected chi connectivity index (χ4v) is 5.06. The van der Waals surface area contributed by atoms with Gasteiger partial charge in [0.2, 0.25) is 5.91 Å². The third kappa shape index (κ3) is 3.78. The first-order valence-electron chi connectivity index (χ1n) is 11.1. The second-order valence-corrected chi connectivity index (χ2v) is 9.03. The number of rotatable bonds is 4. The summed E-state index contributed by atoms with van der Waals surface area (Å²) in [6.07, 6.45) is 10.2. The first-order valence-corrected chi connectivity index (χ1v) is 11.1. The molecule has 1 saturated carbocycles. The van der Waals surface area contributed by atoms with Crippen LogP contribution in [0.5, 0.6) is 0 Å². The molecule has 3 aromatic rings. The Bertz CT molecular complexity index is 1090. The van der Waals surface area contributed by atoms with Crippen molar-refractivity contribution in [2.45, 2.75) is 44.2 Å². The van der Waals surface area contributed by atoms with Gasteiger partial charge >= 0.3 is 0 Å². The highest BCUT2D eigenvalue weighted by atomic mass is 16.2. The average molecular weight is 423 g/mol. The minimum Gasteiger partial charge on any atom is -0.383 e. The van der Waals surface area contributed by atoms with Gasteiger partial charge in [0, 0.05) is 43.0 Å². The van der Waals surface area contributed by atoms with Crippen molar-refractivity contribution in [3.63, 3.8) is 0 Å². The average Bonchev–Trinajstić information content (AvgIpc) is 3.48. The Kier molecular flexibility index (Phi) is 5.13. The summed E-state index contributed by atoms with van der Waals surface area (Å²) >= 11 is 0. The lowest BCUT2D eigenvalue weighted by atomic mass is 10.0. The van der Waals surface area contributed by atoms with E-state index in [2.05, 4.69) is 43.1 Å². The van der Waals surface area contributed by atoms with Gasteiger partial charge in [-0.1, -0.05) is 0 Å². The number of fused-ring (bicyclic) bond motifs is 1. The van der Waals surface area contributed by atoms with Crippen LogP contribution in [0.4, 0.5) is 5.82 Å². The fraction of sp³-hybridized carbons (Fsp3) is 0.545. The molecule has 164 valence electrons. The van der Waals surface area contributed by atoms with Crippen molar-refractivity contribution in [3.05, 3.63) is 24.8 Å². The molecular weight excluding hydrogens is 392 g/mol. The second kappa shape index (κ2) is 7.96. The molecule has 5 rings (SSSR count). The number of aryl methyl sites for hydroxylation is 1. The number of aromatic nitrogens is 5. The van der Waals surface area contributed by atoms with E-state index in [1.807, 2.05) is 19.3 Å².